The Morgan fingerprint density at radius 1 is 0.840 bits per heavy atom. The number of carbonyl (C=O) groups excluding carboxylic acids is 8. The standard InChI is InChI=1S/C63H64N14O18S5/c1-24(50(64)79)65-51(80)33-21-99-59(70-33)44-38(89-9)14-29-43(72-44)32-19-97-57(67-32)31-18-93-61(85)46-30-17-91-47(48(95-39-15-63(5,87)49(76(6)7)27(4)94-39)62(86)92-16-28-12-11-13-37(40(28)30)77(46)90-10)45(60-71-34(22-100-60)52(81)66-31)75-54(83)36-23-98-58(69-36)42(26(3)88-8)74-55(84)41(25(2)78)73-53(82)35-20-96-56(29)68-35/h11-14,19-23,25,27,31,39,41,45,47-49,78,87H,1,15-18H2,2-10H3,(H2,64,79)(H,65,80)(H,66,81)(H,73,82)(H,74,84)(H,75,83)/b42-26-. The second-order valence-corrected chi connectivity index (χ2v) is 28.0. The quantitative estimate of drug-likeness (QED) is 0.0515. The number of nitrogens with two attached hydrogens (primary N) is 1. The van der Waals surface area contributed by atoms with E-state index in [1.165, 1.54) is 61.4 Å². The summed E-state index contributed by atoms with van der Waals surface area (Å²) < 4.78 is 45.2. The summed E-state index contributed by atoms with van der Waals surface area (Å²) in [5, 5.41) is 44.6. The van der Waals surface area contributed by atoms with Crippen molar-refractivity contribution in [2.45, 2.75) is 108 Å². The summed E-state index contributed by atoms with van der Waals surface area (Å²) in [5.41, 5.74) is 3.72. The Morgan fingerprint density at radius 2 is 1.51 bits per heavy atom. The van der Waals surface area contributed by atoms with E-state index in [0.717, 1.165) is 56.7 Å². The fourth-order valence-corrected chi connectivity index (χ4v) is 16.2. The highest BCUT2D eigenvalue weighted by Crippen LogP contribution is 2.43. The van der Waals surface area contributed by atoms with Crippen LogP contribution in [-0.2, 0) is 56.0 Å². The summed E-state index contributed by atoms with van der Waals surface area (Å²) in [6, 6.07) is 1.42. The number of allylic oxidation sites excluding steroid dienone is 1. The molecule has 4 aliphatic heterocycles. The topological polar surface area (TPSA) is 423 Å². The number of fused-ring (bicyclic) bond motifs is 15. The van der Waals surface area contributed by atoms with Crippen LogP contribution in [0.1, 0.15) is 125 Å². The Hall–Kier alpha value is -9.54. The van der Waals surface area contributed by atoms with Gasteiger partial charge in [0, 0.05) is 49.8 Å². The number of aliphatic hydroxyl groups is 2. The zero-order chi connectivity index (χ0) is 71.3. The van der Waals surface area contributed by atoms with E-state index in [2.05, 4.69) is 48.1 Å². The van der Waals surface area contributed by atoms with Crippen LogP contribution in [0.3, 0.4) is 0 Å². The summed E-state index contributed by atoms with van der Waals surface area (Å²) >= 11 is 4.77. The van der Waals surface area contributed by atoms with Gasteiger partial charge in [0.15, 0.2) is 18.1 Å². The molecule has 1 aromatic carbocycles. The SMILES string of the molecule is C=C(NC(=O)c1csc(-c2nc3c(cc2OC)-c2nc(cs2)C(=O)NC(C(C)O)C(=O)N/C(=C(/C)OC)c2nc(cs2)C(=O)NC2c4nc(cs4)C(=O)NC(COC(=O)c4c5c6c(cccc6n4OC)COC(=O)C(OC4CC(C)(O)C(N(C)C)C(C)O4)C2OC5)c2nc-3cs2)n1)C(N)=O. The second-order valence-electron chi connectivity index (χ2n) is 23.7. The minimum Gasteiger partial charge on any atom is -0.499 e. The molecule has 32 nitrogen and oxygen atoms in total. The molecule has 37 heteroatoms. The van der Waals surface area contributed by atoms with Crippen molar-refractivity contribution in [1.82, 2.24) is 66.1 Å². The average molecular weight is 1470 g/mol. The lowest BCUT2D eigenvalue weighted by Crippen LogP contribution is -2.62. The number of pyridine rings is 1. The van der Waals surface area contributed by atoms with E-state index in [1.807, 2.05) is 0 Å². The smallest absolute Gasteiger partial charge is 0.358 e. The number of aromatic nitrogens is 7. The largest absolute Gasteiger partial charge is 0.499 e. The predicted molar refractivity (Wildman–Crippen MR) is 360 cm³/mol. The third kappa shape index (κ3) is 13.8. The van der Waals surface area contributed by atoms with E-state index < -0.39 is 128 Å². The molecule has 9 N–H and O–H groups in total. The molecule has 12 rings (SSSR count). The number of primary amides is 1. The van der Waals surface area contributed by atoms with Gasteiger partial charge in [0.25, 0.3) is 29.5 Å². The van der Waals surface area contributed by atoms with Gasteiger partial charge in [-0.15, -0.1) is 56.7 Å². The van der Waals surface area contributed by atoms with E-state index in [4.69, 9.17) is 58.7 Å². The van der Waals surface area contributed by atoms with Gasteiger partial charge in [0.2, 0.25) is 5.91 Å². The first-order chi connectivity index (χ1) is 47.7. The molecule has 10 atom stereocenters. The molecular weight excluding hydrogens is 1400 g/mol. The van der Waals surface area contributed by atoms with Crippen LogP contribution in [-0.4, -0.2) is 188 Å². The maximum absolute atomic E-state index is 15.3. The van der Waals surface area contributed by atoms with Crippen LogP contribution in [0, 0.1) is 0 Å². The van der Waals surface area contributed by atoms with Crippen molar-refractivity contribution < 1.29 is 86.6 Å². The number of rotatable bonds is 11. The highest BCUT2D eigenvalue weighted by atomic mass is 32.1. The van der Waals surface area contributed by atoms with Gasteiger partial charge in [-0.2, -0.15) is 4.73 Å². The van der Waals surface area contributed by atoms with Crippen LogP contribution in [0.2, 0.25) is 0 Å². The van der Waals surface area contributed by atoms with Gasteiger partial charge in [-0.25, -0.2) is 39.5 Å². The normalized spacial score (nSPS) is 23.7. The number of amides is 6. The number of nitrogens with zero attached hydrogens (tertiary/aromatic N) is 8. The van der Waals surface area contributed by atoms with Crippen molar-refractivity contribution in [1.29, 1.82) is 0 Å². The number of aliphatic hydroxyl groups excluding tert-OH is 1. The monoisotopic (exact) mass is 1460 g/mol. The number of esters is 2. The molecule has 1 saturated heterocycles. The fraction of sp³-hybridized carbons (Fsp3) is 0.365. The van der Waals surface area contributed by atoms with Crippen LogP contribution in [0.5, 0.6) is 5.75 Å². The summed E-state index contributed by atoms with van der Waals surface area (Å²) in [7, 11) is 7.56. The van der Waals surface area contributed by atoms with Gasteiger partial charge in [-0.3, -0.25) is 28.8 Å². The number of cyclic esters (lactones) is 2. The molecule has 0 saturated carbocycles. The van der Waals surface area contributed by atoms with Crippen molar-refractivity contribution in [2.24, 2.45) is 5.73 Å². The van der Waals surface area contributed by atoms with E-state index >= 15 is 19.2 Å². The molecule has 6 amide bonds. The first kappa shape index (κ1) is 70.3. The highest BCUT2D eigenvalue weighted by molar-refractivity contribution is 7.14. The van der Waals surface area contributed by atoms with E-state index in [1.54, 1.807) is 62.5 Å². The number of methoxy groups -OCH3 is 2. The third-order valence-electron chi connectivity index (χ3n) is 16.7. The number of thiazole rings is 5. The Labute approximate surface area is 587 Å². The second kappa shape index (κ2) is 28.6. The van der Waals surface area contributed by atoms with E-state index in [0.29, 0.717) is 16.5 Å². The van der Waals surface area contributed by atoms with Crippen molar-refractivity contribution in [2.75, 3.05) is 42.0 Å². The molecule has 11 heterocycles. The van der Waals surface area contributed by atoms with E-state index in [9.17, 15) is 29.4 Å². The zero-order valence-corrected chi connectivity index (χ0v) is 58.6. The van der Waals surface area contributed by atoms with Crippen molar-refractivity contribution >= 4 is 121 Å². The molecule has 0 radical (unpaired) electrons. The van der Waals surface area contributed by atoms with Crippen LogP contribution in [0.25, 0.3) is 49.3 Å². The lowest BCUT2D eigenvalue weighted by atomic mass is 9.85. The third-order valence-corrected chi connectivity index (χ3v) is 21.2. The molecule has 0 spiro atoms. The average Bonchev–Trinajstić information content (AvgIpc) is 1.56. The molecule has 0 aliphatic carbocycles. The molecule has 8 aromatic rings. The van der Waals surface area contributed by atoms with Gasteiger partial charge in [0.1, 0.15) is 127 Å². The summed E-state index contributed by atoms with van der Waals surface area (Å²) in [6.07, 6.45) is -7.39. The lowest BCUT2D eigenvalue weighted by Gasteiger charge is -2.48. The zero-order valence-electron chi connectivity index (χ0n) is 54.6. The molecule has 524 valence electrons. The van der Waals surface area contributed by atoms with Gasteiger partial charge in [0.05, 0.1) is 55.9 Å². The van der Waals surface area contributed by atoms with Crippen molar-refractivity contribution in [3.63, 3.8) is 0 Å². The Morgan fingerprint density at radius 3 is 2.21 bits per heavy atom. The van der Waals surface area contributed by atoms with Crippen LogP contribution < -0.4 is 41.9 Å². The summed E-state index contributed by atoms with van der Waals surface area (Å²) in [5.74, 6) is -7.23. The first-order valence-electron chi connectivity index (χ1n) is 30.4. The molecular formula is C63H64N14O18S5. The number of nitrogens with one attached hydrogen (secondary N) is 5. The molecule has 4 aliphatic rings. The number of benzene rings is 1. The fourth-order valence-electron chi connectivity index (χ4n) is 12.1. The van der Waals surface area contributed by atoms with Gasteiger partial charge < -0.3 is 85.4 Å². The maximum Gasteiger partial charge on any atom is 0.358 e. The van der Waals surface area contributed by atoms with Gasteiger partial charge >= 0.3 is 11.9 Å². The van der Waals surface area contributed by atoms with Crippen LogP contribution in [0.15, 0.2) is 69.2 Å². The number of likely N-dealkylation sites (N-methyl/N-ethyl adjacent to an activating group) is 1. The van der Waals surface area contributed by atoms with Crippen LogP contribution >= 0.6 is 56.7 Å². The van der Waals surface area contributed by atoms with Gasteiger partial charge in [-0.05, 0) is 59.5 Å². The summed E-state index contributed by atoms with van der Waals surface area (Å²) in [6.45, 7) is 8.04. The highest BCUT2D eigenvalue weighted by Gasteiger charge is 2.50. The number of ether oxygens (including phenoxy) is 7. The lowest BCUT2D eigenvalue weighted by molar-refractivity contribution is -0.280. The molecule has 100 heavy (non-hydrogen) atoms. The van der Waals surface area contributed by atoms with Crippen molar-refractivity contribution in [3.8, 4) is 38.4 Å². The molecule has 12 bridgehead atoms. The number of hydrogen-bond donors (Lipinski definition) is 8. The number of hydrogen-bond acceptors (Lipinski definition) is 30. The van der Waals surface area contributed by atoms with E-state index in [-0.39, 0.29) is 111 Å². The Bertz CT molecular complexity index is 4640. The Kier molecular flexibility index (Phi) is 20.1. The van der Waals surface area contributed by atoms with Gasteiger partial charge in [-0.1, -0.05) is 18.7 Å². The molecule has 1 fully saturated rings. The Balaban J connectivity index is 1.05. The summed E-state index contributed by atoms with van der Waals surface area (Å²) in [4.78, 5) is 151. The predicted octanol–water partition coefficient (Wildman–Crippen LogP) is 4.02. The first-order valence-corrected chi connectivity index (χ1v) is 34.8. The molecule has 10 unspecified atom stereocenters. The minimum atomic E-state index is -1.88. The van der Waals surface area contributed by atoms with Crippen molar-refractivity contribution in [3.05, 3.63) is 124 Å². The molecule has 7 aromatic heterocycles. The maximum atomic E-state index is 15.3. The van der Waals surface area contributed by atoms with Crippen LogP contribution in [0.4, 0.5) is 0 Å². The number of carbonyl (C=O) groups is 8. The minimum absolute atomic E-state index is 0.00468.